The largest absolute Gasteiger partial charge is 0.457 e. The molecule has 0 aliphatic carbocycles. The Labute approximate surface area is 324 Å². The topological polar surface area (TPSA) is 113 Å². The predicted molar refractivity (Wildman–Crippen MR) is 221 cm³/mol. The van der Waals surface area contributed by atoms with Crippen molar-refractivity contribution in [1.29, 1.82) is 0 Å². The van der Waals surface area contributed by atoms with Gasteiger partial charge in [-0.15, -0.1) is 0 Å². The minimum absolute atomic E-state index is 0.0750. The molecule has 3 amide bonds. The van der Waals surface area contributed by atoms with E-state index in [0.717, 1.165) is 20.8 Å². The summed E-state index contributed by atoms with van der Waals surface area (Å²) < 4.78 is 12.5. The molecule has 55 heavy (non-hydrogen) atoms. The Kier molecular flexibility index (Phi) is 11.4. The second kappa shape index (κ2) is 15.7. The van der Waals surface area contributed by atoms with E-state index in [1.807, 2.05) is 91.0 Å². The van der Waals surface area contributed by atoms with Crippen LogP contribution >= 0.6 is 6.89 Å². The Morgan fingerprint density at radius 1 is 0.818 bits per heavy atom. The van der Waals surface area contributed by atoms with Crippen molar-refractivity contribution in [2.24, 2.45) is 0 Å². The number of aliphatic hydroxyl groups excluding tert-OH is 1. The zero-order chi connectivity index (χ0) is 39.7. The number of amides is 3. The lowest BCUT2D eigenvalue weighted by atomic mass is 9.87. The normalized spacial score (nSPS) is 18.3. The SMILES string of the molecule is C=CCOC(=O)C(N1C(=O)[C@@H](N2C(=O)c3ccccc3C2=O)[C@H]1CC(O)[C@H](C)O[Si](C)(C)C(C)(C)C)=P(c1ccccc1)(c1ccccc1)c1ccccc1. The van der Waals surface area contributed by atoms with E-state index in [-0.39, 0.29) is 34.6 Å². The fraction of sp³-hybridized carbons (Fsp3) is 0.295. The molecule has 1 saturated heterocycles. The van der Waals surface area contributed by atoms with Gasteiger partial charge in [-0.3, -0.25) is 24.2 Å². The third-order valence-corrected chi connectivity index (χ3v) is 19.9. The van der Waals surface area contributed by atoms with Gasteiger partial charge in [-0.25, -0.2) is 4.79 Å². The average molecular weight is 777 g/mol. The standard InChI is InChI=1S/C44H49N2O7PSi/c1-8-28-52-43(51)42(54(31-20-12-9-13-21-31,32-22-14-10-15-23-32)33-24-16-11-17-25-33)45-36(29-37(47)30(2)53-55(6,7)44(3,4)5)38(41(45)50)46-39(48)34-26-18-19-27-35(34)40(46)49/h8-27,30,36-38,47H,1,28-29H2,2-7H3/t30-,36+,37?,38-/m0/s1. The van der Waals surface area contributed by atoms with Crippen molar-refractivity contribution in [2.75, 3.05) is 6.61 Å². The van der Waals surface area contributed by atoms with Crippen molar-refractivity contribution in [3.63, 3.8) is 0 Å². The molecule has 2 aliphatic rings. The Balaban J connectivity index is 1.63. The molecule has 1 fully saturated rings. The van der Waals surface area contributed by atoms with Crippen LogP contribution in [0.4, 0.5) is 0 Å². The van der Waals surface area contributed by atoms with E-state index in [0.29, 0.717) is 0 Å². The number of carbonyl (C=O) groups is 4. The number of imide groups is 1. The van der Waals surface area contributed by atoms with Crippen LogP contribution in [0.25, 0.3) is 0 Å². The quantitative estimate of drug-likeness (QED) is 0.0451. The second-order valence-electron chi connectivity index (χ2n) is 15.5. The van der Waals surface area contributed by atoms with Gasteiger partial charge in [0.25, 0.3) is 17.7 Å². The Bertz CT molecular complexity index is 2010. The molecule has 11 heteroatoms. The highest BCUT2D eigenvalue weighted by Crippen LogP contribution is 2.50. The fourth-order valence-corrected chi connectivity index (χ4v) is 13.1. The van der Waals surface area contributed by atoms with Gasteiger partial charge < -0.3 is 14.3 Å². The van der Waals surface area contributed by atoms with Crippen molar-refractivity contribution in [3.8, 4) is 0 Å². The minimum atomic E-state index is -3.31. The number of β-lactam (4-membered cyclic amide) rings is 1. The third kappa shape index (κ3) is 7.08. The van der Waals surface area contributed by atoms with Crippen molar-refractivity contribution in [3.05, 3.63) is 139 Å². The van der Waals surface area contributed by atoms with Crippen LogP contribution in [0.2, 0.25) is 18.1 Å². The van der Waals surface area contributed by atoms with Gasteiger partial charge in [0.05, 0.1) is 29.4 Å². The molecule has 0 saturated carbocycles. The molecule has 1 N–H and O–H groups in total. The van der Waals surface area contributed by atoms with Crippen LogP contribution in [0.15, 0.2) is 128 Å². The summed E-state index contributed by atoms with van der Waals surface area (Å²) in [6.45, 7) is 12.6. The summed E-state index contributed by atoms with van der Waals surface area (Å²) in [5.74, 6) is -2.57. The molecule has 4 atom stereocenters. The van der Waals surface area contributed by atoms with E-state index in [1.54, 1.807) is 31.2 Å². The number of aliphatic hydroxyl groups is 1. The van der Waals surface area contributed by atoms with E-state index in [9.17, 15) is 19.5 Å². The lowest BCUT2D eigenvalue weighted by Gasteiger charge is -2.52. The number of nitrogens with zero attached hydrogens (tertiary/aromatic N) is 2. The molecular weight excluding hydrogens is 728 g/mol. The molecule has 6 rings (SSSR count). The number of ether oxygens (including phenoxy) is 1. The smallest absolute Gasteiger partial charge is 0.356 e. The Morgan fingerprint density at radius 3 is 1.67 bits per heavy atom. The molecule has 2 aliphatic heterocycles. The molecule has 0 aromatic heterocycles. The Hall–Kier alpha value is -4.86. The third-order valence-electron chi connectivity index (χ3n) is 11.1. The van der Waals surface area contributed by atoms with Gasteiger partial charge in [0.1, 0.15) is 18.1 Å². The molecule has 9 nitrogen and oxygen atoms in total. The number of rotatable bonds is 13. The average Bonchev–Trinajstić information content (AvgIpc) is 3.42. The van der Waals surface area contributed by atoms with Crippen LogP contribution in [-0.4, -0.2) is 83.2 Å². The van der Waals surface area contributed by atoms with Crippen LogP contribution in [0.3, 0.4) is 0 Å². The van der Waals surface area contributed by atoms with E-state index < -0.39 is 63.2 Å². The first-order valence-corrected chi connectivity index (χ1v) is 23.2. The maximum atomic E-state index is 15.1. The lowest BCUT2D eigenvalue weighted by molar-refractivity contribution is -0.152. The highest BCUT2D eigenvalue weighted by Gasteiger charge is 2.60. The van der Waals surface area contributed by atoms with Crippen LogP contribution in [-0.2, 0) is 18.8 Å². The summed E-state index contributed by atoms with van der Waals surface area (Å²) in [5, 5.41) is 14.2. The Morgan fingerprint density at radius 2 is 1.25 bits per heavy atom. The number of benzene rings is 4. The summed E-state index contributed by atoms with van der Waals surface area (Å²) in [5.41, 5.74) is 0.468. The van der Waals surface area contributed by atoms with E-state index >= 15 is 4.79 Å². The first-order valence-electron chi connectivity index (χ1n) is 18.5. The zero-order valence-electron chi connectivity index (χ0n) is 32.2. The van der Waals surface area contributed by atoms with Crippen molar-refractivity contribution in [2.45, 2.75) is 76.5 Å². The first kappa shape index (κ1) is 39.8. The summed E-state index contributed by atoms with van der Waals surface area (Å²) in [6, 6.07) is 32.8. The van der Waals surface area contributed by atoms with Crippen molar-refractivity contribution in [1.82, 2.24) is 9.80 Å². The van der Waals surface area contributed by atoms with Gasteiger partial charge in [-0.05, 0) is 59.5 Å². The van der Waals surface area contributed by atoms with Crippen LogP contribution in [0, 0.1) is 0 Å². The molecule has 2 heterocycles. The van der Waals surface area contributed by atoms with Gasteiger partial charge in [0.2, 0.25) is 0 Å². The molecule has 4 aromatic rings. The fourth-order valence-electron chi connectivity index (χ4n) is 7.29. The van der Waals surface area contributed by atoms with Gasteiger partial charge >= 0.3 is 5.97 Å². The summed E-state index contributed by atoms with van der Waals surface area (Å²) >= 11 is 0. The molecule has 1 unspecified atom stereocenters. The maximum absolute atomic E-state index is 15.1. The highest BCUT2D eigenvalue weighted by molar-refractivity contribution is 7.96. The second-order valence-corrected chi connectivity index (χ2v) is 23.6. The van der Waals surface area contributed by atoms with Gasteiger partial charge in [0.15, 0.2) is 8.32 Å². The van der Waals surface area contributed by atoms with E-state index in [4.69, 9.17) is 9.16 Å². The zero-order valence-corrected chi connectivity index (χ0v) is 34.1. The predicted octanol–water partition coefficient (Wildman–Crippen LogP) is 5.88. The molecule has 4 aromatic carbocycles. The van der Waals surface area contributed by atoms with Crippen molar-refractivity contribution < 1.29 is 33.4 Å². The minimum Gasteiger partial charge on any atom is -0.457 e. The number of fused-ring (bicyclic) bond motifs is 1. The van der Waals surface area contributed by atoms with E-state index in [2.05, 4.69) is 40.4 Å². The van der Waals surface area contributed by atoms with Gasteiger partial charge in [-0.1, -0.05) is 137 Å². The van der Waals surface area contributed by atoms with Crippen LogP contribution in [0.5, 0.6) is 0 Å². The highest BCUT2D eigenvalue weighted by atomic mass is 31.2. The van der Waals surface area contributed by atoms with Crippen LogP contribution < -0.4 is 15.9 Å². The number of carbonyl (C=O) groups excluding carboxylic acids is 4. The van der Waals surface area contributed by atoms with Crippen LogP contribution in [0.1, 0.15) is 54.8 Å². The molecule has 0 radical (unpaired) electrons. The lowest BCUT2D eigenvalue weighted by Crippen LogP contribution is -2.75. The number of hydrogen-bond donors (Lipinski definition) is 1. The summed E-state index contributed by atoms with van der Waals surface area (Å²) in [6.07, 6.45) is -0.454. The number of likely N-dealkylation sites (tertiary alicyclic amines) is 1. The number of esters is 1. The monoisotopic (exact) mass is 776 g/mol. The maximum Gasteiger partial charge on any atom is 0.356 e. The van der Waals surface area contributed by atoms with Crippen molar-refractivity contribution >= 4 is 60.2 Å². The first-order chi connectivity index (χ1) is 26.2. The number of hydrogen-bond acceptors (Lipinski definition) is 7. The van der Waals surface area contributed by atoms with Gasteiger partial charge in [-0.2, -0.15) is 0 Å². The summed E-state index contributed by atoms with van der Waals surface area (Å²) in [4.78, 5) is 60.5. The molecule has 286 valence electrons. The molecular formula is C44H49N2O7PSi. The molecule has 0 spiro atoms. The summed E-state index contributed by atoms with van der Waals surface area (Å²) in [7, 11) is -2.37. The van der Waals surface area contributed by atoms with Gasteiger partial charge in [0, 0.05) is 6.89 Å². The molecule has 0 bridgehead atoms. The van der Waals surface area contributed by atoms with E-state index in [1.165, 1.54) is 11.0 Å².